The molecule has 2 aromatic heterocycles. The Morgan fingerprint density at radius 1 is 1.27 bits per heavy atom. The zero-order chi connectivity index (χ0) is 18.5. The Morgan fingerprint density at radius 2 is 2.08 bits per heavy atom. The van der Waals surface area contributed by atoms with E-state index in [2.05, 4.69) is 31.2 Å². The maximum absolute atomic E-state index is 13.7. The van der Waals surface area contributed by atoms with E-state index in [-0.39, 0.29) is 5.52 Å². The number of halogens is 4. The maximum atomic E-state index is 13.7. The second-order valence-corrected chi connectivity index (χ2v) is 8.19. The third-order valence-electron chi connectivity index (χ3n) is 4.23. The van der Waals surface area contributed by atoms with E-state index in [0.29, 0.717) is 33.6 Å². The van der Waals surface area contributed by atoms with Gasteiger partial charge in [-0.25, -0.2) is 4.68 Å². The minimum absolute atomic E-state index is 0.0236. The number of nitrogens with zero attached hydrogens (tertiary/aromatic N) is 4. The summed E-state index contributed by atoms with van der Waals surface area (Å²) >= 11 is 4.49. The van der Waals surface area contributed by atoms with Crippen LogP contribution in [-0.4, -0.2) is 26.6 Å². The number of aromatic nitrogens is 4. The molecular weight excluding hydrogens is 433 g/mol. The van der Waals surface area contributed by atoms with Gasteiger partial charge in [-0.3, -0.25) is 0 Å². The highest BCUT2D eigenvalue weighted by Gasteiger charge is 2.37. The average Bonchev–Trinajstić information content (AvgIpc) is 3.17. The number of ether oxygens (including phenoxy) is 1. The van der Waals surface area contributed by atoms with Gasteiger partial charge in [0.05, 0.1) is 11.1 Å². The number of fused-ring (bicyclic) bond motifs is 1. The first kappa shape index (κ1) is 17.9. The quantitative estimate of drug-likeness (QED) is 0.532. The summed E-state index contributed by atoms with van der Waals surface area (Å²) in [7, 11) is 0. The van der Waals surface area contributed by atoms with Gasteiger partial charge in [0.1, 0.15) is 10.7 Å². The van der Waals surface area contributed by atoms with Crippen molar-refractivity contribution in [1.29, 1.82) is 0 Å². The van der Waals surface area contributed by atoms with E-state index in [0.717, 1.165) is 23.9 Å². The van der Waals surface area contributed by atoms with Gasteiger partial charge in [-0.15, -0.1) is 10.2 Å². The van der Waals surface area contributed by atoms with Gasteiger partial charge in [-0.1, -0.05) is 27.3 Å². The van der Waals surface area contributed by atoms with Crippen LogP contribution in [0.25, 0.3) is 21.6 Å². The Balaban J connectivity index is 2.02. The van der Waals surface area contributed by atoms with E-state index in [9.17, 15) is 13.2 Å². The molecule has 1 fully saturated rings. The van der Waals surface area contributed by atoms with Gasteiger partial charge in [0.25, 0.3) is 0 Å². The SMILES string of the molecule is Cc1nnc(-c2nn(C3CCCCO3)c3c(C(F)(F)F)cc(Br)cc23)s1. The van der Waals surface area contributed by atoms with Gasteiger partial charge in [-0.05, 0) is 38.3 Å². The van der Waals surface area contributed by atoms with E-state index < -0.39 is 18.0 Å². The van der Waals surface area contributed by atoms with Crippen LogP contribution < -0.4 is 0 Å². The molecule has 138 valence electrons. The Labute approximate surface area is 159 Å². The predicted molar refractivity (Wildman–Crippen MR) is 94.9 cm³/mol. The first-order valence-electron chi connectivity index (χ1n) is 8.05. The molecule has 3 aromatic rings. The first-order valence-corrected chi connectivity index (χ1v) is 9.66. The lowest BCUT2D eigenvalue weighted by molar-refractivity contribution is -0.136. The molecule has 0 bridgehead atoms. The van der Waals surface area contributed by atoms with Crippen LogP contribution in [-0.2, 0) is 10.9 Å². The van der Waals surface area contributed by atoms with Gasteiger partial charge in [0.15, 0.2) is 11.2 Å². The van der Waals surface area contributed by atoms with Gasteiger partial charge >= 0.3 is 6.18 Å². The minimum atomic E-state index is -4.51. The fourth-order valence-electron chi connectivity index (χ4n) is 3.13. The largest absolute Gasteiger partial charge is 0.418 e. The molecule has 0 saturated carbocycles. The van der Waals surface area contributed by atoms with Crippen molar-refractivity contribution < 1.29 is 17.9 Å². The maximum Gasteiger partial charge on any atom is 0.418 e. The highest BCUT2D eigenvalue weighted by atomic mass is 79.9. The average molecular weight is 447 g/mol. The first-order chi connectivity index (χ1) is 12.3. The summed E-state index contributed by atoms with van der Waals surface area (Å²) in [6, 6.07) is 2.72. The van der Waals surface area contributed by atoms with E-state index in [1.807, 2.05) is 0 Å². The minimum Gasteiger partial charge on any atom is -0.356 e. The molecule has 0 spiro atoms. The standard InChI is InChI=1S/C16H14BrF3N4OS/c1-8-21-22-15(26-8)13-10-6-9(17)7-11(16(18,19)20)14(10)24(23-13)12-4-2-3-5-25-12/h6-7,12H,2-5H2,1H3. The molecule has 26 heavy (non-hydrogen) atoms. The Hall–Kier alpha value is -1.52. The third kappa shape index (κ3) is 3.14. The van der Waals surface area contributed by atoms with Crippen LogP contribution in [0.1, 0.15) is 36.1 Å². The molecular formula is C16H14BrF3N4OS. The smallest absolute Gasteiger partial charge is 0.356 e. The van der Waals surface area contributed by atoms with Crippen LogP contribution in [0.4, 0.5) is 13.2 Å². The number of benzene rings is 1. The molecule has 0 aliphatic carbocycles. The molecule has 0 amide bonds. The molecule has 0 radical (unpaired) electrons. The Kier molecular flexibility index (Phi) is 4.52. The molecule has 1 aromatic carbocycles. The molecule has 4 rings (SSSR count). The summed E-state index contributed by atoms with van der Waals surface area (Å²) in [5, 5.41) is 14.1. The van der Waals surface area contributed by atoms with Gasteiger partial charge < -0.3 is 4.74 Å². The van der Waals surface area contributed by atoms with Crippen molar-refractivity contribution in [3.8, 4) is 10.7 Å². The summed E-state index contributed by atoms with van der Waals surface area (Å²) in [5.41, 5.74) is -0.321. The molecule has 10 heteroatoms. The number of rotatable bonds is 2. The molecule has 1 saturated heterocycles. The molecule has 3 heterocycles. The van der Waals surface area contributed by atoms with Crippen LogP contribution in [0.5, 0.6) is 0 Å². The fourth-order valence-corrected chi connectivity index (χ4v) is 4.28. The lowest BCUT2D eigenvalue weighted by Gasteiger charge is -2.24. The van der Waals surface area contributed by atoms with Crippen LogP contribution in [0, 0.1) is 6.92 Å². The van der Waals surface area contributed by atoms with Crippen LogP contribution in [0.15, 0.2) is 16.6 Å². The second kappa shape index (κ2) is 6.58. The van der Waals surface area contributed by atoms with Gasteiger partial charge in [0.2, 0.25) is 0 Å². The summed E-state index contributed by atoms with van der Waals surface area (Å²) in [6.45, 7) is 2.30. The molecule has 1 atom stereocenters. The molecule has 1 aliphatic rings. The van der Waals surface area contributed by atoms with Crippen molar-refractivity contribution in [1.82, 2.24) is 20.0 Å². The number of hydrogen-bond acceptors (Lipinski definition) is 5. The lowest BCUT2D eigenvalue weighted by atomic mass is 10.1. The van der Waals surface area contributed by atoms with Crippen molar-refractivity contribution in [2.45, 2.75) is 38.6 Å². The topological polar surface area (TPSA) is 52.8 Å². The highest BCUT2D eigenvalue weighted by Crippen LogP contribution is 2.42. The van der Waals surface area contributed by atoms with Crippen LogP contribution in [0.2, 0.25) is 0 Å². The van der Waals surface area contributed by atoms with E-state index in [1.54, 1.807) is 13.0 Å². The van der Waals surface area contributed by atoms with E-state index in [1.165, 1.54) is 16.0 Å². The lowest BCUT2D eigenvalue weighted by Crippen LogP contribution is -2.20. The zero-order valence-corrected chi connectivity index (χ0v) is 16.1. The van der Waals surface area contributed by atoms with Crippen molar-refractivity contribution >= 4 is 38.2 Å². The molecule has 1 aliphatic heterocycles. The van der Waals surface area contributed by atoms with Crippen molar-refractivity contribution in [2.75, 3.05) is 6.61 Å². The highest BCUT2D eigenvalue weighted by molar-refractivity contribution is 9.10. The number of aryl methyl sites for hydroxylation is 1. The second-order valence-electron chi connectivity index (χ2n) is 6.09. The number of hydrogen-bond donors (Lipinski definition) is 0. The van der Waals surface area contributed by atoms with Crippen molar-refractivity contribution in [3.63, 3.8) is 0 Å². The molecule has 0 N–H and O–H groups in total. The fraction of sp³-hybridized carbons (Fsp3) is 0.438. The van der Waals surface area contributed by atoms with Crippen molar-refractivity contribution in [3.05, 3.63) is 27.2 Å². The summed E-state index contributed by atoms with van der Waals surface area (Å²) < 4.78 is 48.6. The summed E-state index contributed by atoms with van der Waals surface area (Å²) in [4.78, 5) is 0. The normalized spacial score (nSPS) is 18.6. The molecule has 1 unspecified atom stereocenters. The summed E-state index contributed by atoms with van der Waals surface area (Å²) in [5.74, 6) is 0. The monoisotopic (exact) mass is 446 g/mol. The van der Waals surface area contributed by atoms with Gasteiger partial charge in [0, 0.05) is 16.5 Å². The number of alkyl halides is 3. The van der Waals surface area contributed by atoms with Gasteiger partial charge in [-0.2, -0.15) is 18.3 Å². The van der Waals surface area contributed by atoms with Crippen LogP contribution in [0.3, 0.4) is 0 Å². The summed E-state index contributed by atoms with van der Waals surface area (Å²) in [6.07, 6.45) is -2.62. The zero-order valence-electron chi connectivity index (χ0n) is 13.7. The van der Waals surface area contributed by atoms with Crippen molar-refractivity contribution in [2.24, 2.45) is 0 Å². The Morgan fingerprint density at radius 3 is 2.69 bits per heavy atom. The van der Waals surface area contributed by atoms with Crippen LogP contribution >= 0.6 is 27.3 Å². The Bertz CT molecular complexity index is 962. The molecule has 5 nitrogen and oxygen atoms in total. The van der Waals surface area contributed by atoms with E-state index in [4.69, 9.17) is 4.74 Å². The third-order valence-corrected chi connectivity index (χ3v) is 5.53. The van der Waals surface area contributed by atoms with E-state index >= 15 is 0 Å². The predicted octanol–water partition coefficient (Wildman–Crippen LogP) is 5.34.